The van der Waals surface area contributed by atoms with E-state index in [9.17, 15) is 8.42 Å². The number of thiophene rings is 1. The molecular formula is C20H23N3O3S2. The van der Waals surface area contributed by atoms with Crippen LogP contribution < -0.4 is 0 Å². The third-order valence-corrected chi connectivity index (χ3v) is 7.84. The molecule has 0 N–H and O–H groups in total. The second kappa shape index (κ2) is 7.77. The molecule has 0 amide bonds. The molecule has 1 unspecified atom stereocenters. The summed E-state index contributed by atoms with van der Waals surface area (Å²) in [4.78, 5) is 4.89. The van der Waals surface area contributed by atoms with Gasteiger partial charge in [-0.15, -0.1) is 0 Å². The predicted molar refractivity (Wildman–Crippen MR) is 109 cm³/mol. The van der Waals surface area contributed by atoms with Gasteiger partial charge in [0, 0.05) is 30.5 Å². The van der Waals surface area contributed by atoms with Crippen molar-refractivity contribution in [2.24, 2.45) is 5.92 Å². The summed E-state index contributed by atoms with van der Waals surface area (Å²) in [5.74, 6) is 1.33. The van der Waals surface area contributed by atoms with E-state index in [2.05, 4.69) is 10.1 Å². The van der Waals surface area contributed by atoms with Crippen LogP contribution in [-0.4, -0.2) is 36.0 Å². The van der Waals surface area contributed by atoms with Crippen molar-refractivity contribution in [3.63, 3.8) is 0 Å². The van der Waals surface area contributed by atoms with Crippen molar-refractivity contribution in [1.82, 2.24) is 14.4 Å². The highest BCUT2D eigenvalue weighted by Gasteiger charge is 2.32. The van der Waals surface area contributed by atoms with Gasteiger partial charge >= 0.3 is 0 Å². The van der Waals surface area contributed by atoms with Gasteiger partial charge in [0.2, 0.25) is 21.7 Å². The van der Waals surface area contributed by atoms with E-state index < -0.39 is 10.0 Å². The Morgan fingerprint density at radius 3 is 2.93 bits per heavy atom. The number of benzene rings is 1. The third kappa shape index (κ3) is 3.90. The standard InChI is InChI=1S/C20H23N3O3S2/c1-14-5-6-15(2)18(10-14)28(24,25)23-8-3-4-16(12-23)11-19-21-20(22-26-19)17-7-9-27-13-17/h5-7,9-10,13,16H,3-4,8,11-12H2,1-2H3. The minimum absolute atomic E-state index is 0.171. The van der Waals surface area contributed by atoms with E-state index in [1.807, 2.05) is 42.8 Å². The Balaban J connectivity index is 1.49. The number of aromatic nitrogens is 2. The van der Waals surface area contributed by atoms with Crippen LogP contribution in [0.5, 0.6) is 0 Å². The molecule has 1 aliphatic rings. The first-order valence-electron chi connectivity index (χ1n) is 9.36. The lowest BCUT2D eigenvalue weighted by Gasteiger charge is -2.31. The number of sulfonamides is 1. The maximum absolute atomic E-state index is 13.2. The summed E-state index contributed by atoms with van der Waals surface area (Å²) in [6.07, 6.45) is 2.38. The average molecular weight is 418 g/mol. The lowest BCUT2D eigenvalue weighted by molar-refractivity contribution is 0.247. The lowest BCUT2D eigenvalue weighted by atomic mass is 9.96. The SMILES string of the molecule is Cc1ccc(C)c(S(=O)(=O)N2CCCC(Cc3nc(-c4ccsc4)no3)C2)c1. The van der Waals surface area contributed by atoms with Crippen LogP contribution in [-0.2, 0) is 16.4 Å². The van der Waals surface area contributed by atoms with Crippen molar-refractivity contribution in [2.45, 2.75) is 38.0 Å². The Hall–Kier alpha value is -2.03. The van der Waals surface area contributed by atoms with E-state index in [-0.39, 0.29) is 5.92 Å². The first-order valence-corrected chi connectivity index (χ1v) is 11.7. The molecule has 3 aromatic rings. The highest BCUT2D eigenvalue weighted by molar-refractivity contribution is 7.89. The molecule has 0 spiro atoms. The fourth-order valence-corrected chi connectivity index (χ4v) is 6.13. The molecule has 8 heteroatoms. The Kier molecular flexibility index (Phi) is 5.35. The van der Waals surface area contributed by atoms with Crippen LogP contribution in [0.15, 0.2) is 44.4 Å². The van der Waals surface area contributed by atoms with Gasteiger partial charge in [-0.2, -0.15) is 20.6 Å². The second-order valence-electron chi connectivity index (χ2n) is 7.37. The summed E-state index contributed by atoms with van der Waals surface area (Å²) in [7, 11) is -3.50. The van der Waals surface area contributed by atoms with Gasteiger partial charge in [-0.1, -0.05) is 17.3 Å². The van der Waals surface area contributed by atoms with Crippen molar-refractivity contribution in [3.8, 4) is 11.4 Å². The molecule has 1 aliphatic heterocycles. The summed E-state index contributed by atoms with van der Waals surface area (Å²) in [5, 5.41) is 8.00. The largest absolute Gasteiger partial charge is 0.339 e. The maximum atomic E-state index is 13.2. The van der Waals surface area contributed by atoms with Crippen LogP contribution in [0, 0.1) is 19.8 Å². The first kappa shape index (κ1) is 19.3. The summed E-state index contributed by atoms with van der Waals surface area (Å²) >= 11 is 1.59. The van der Waals surface area contributed by atoms with Crippen LogP contribution in [0.4, 0.5) is 0 Å². The lowest BCUT2D eigenvalue weighted by Crippen LogP contribution is -2.40. The highest BCUT2D eigenvalue weighted by atomic mass is 32.2. The topological polar surface area (TPSA) is 76.3 Å². The fraction of sp³-hybridized carbons (Fsp3) is 0.400. The first-order chi connectivity index (χ1) is 13.4. The molecular weight excluding hydrogens is 394 g/mol. The van der Waals surface area contributed by atoms with Crippen molar-refractivity contribution < 1.29 is 12.9 Å². The van der Waals surface area contributed by atoms with Crippen LogP contribution in [0.1, 0.15) is 29.9 Å². The molecule has 1 fully saturated rings. The van der Waals surface area contributed by atoms with Gasteiger partial charge in [0.1, 0.15) is 0 Å². The van der Waals surface area contributed by atoms with Gasteiger partial charge in [0.05, 0.1) is 4.90 Å². The van der Waals surface area contributed by atoms with Gasteiger partial charge in [-0.25, -0.2) is 8.42 Å². The Labute approximate surface area is 169 Å². The smallest absolute Gasteiger partial charge is 0.243 e. The molecule has 0 saturated carbocycles. The normalized spacial score (nSPS) is 18.4. The molecule has 6 nitrogen and oxygen atoms in total. The van der Waals surface area contributed by atoms with E-state index >= 15 is 0 Å². The number of rotatable bonds is 5. The van der Waals surface area contributed by atoms with Crippen molar-refractivity contribution in [3.05, 3.63) is 52.0 Å². The average Bonchev–Trinajstić information content (AvgIpc) is 3.35. The number of aryl methyl sites for hydroxylation is 2. The van der Waals surface area contributed by atoms with Crippen LogP contribution in [0.2, 0.25) is 0 Å². The van der Waals surface area contributed by atoms with E-state index in [1.54, 1.807) is 21.7 Å². The molecule has 2 aromatic heterocycles. The quantitative estimate of drug-likeness (QED) is 0.626. The molecule has 28 heavy (non-hydrogen) atoms. The van der Waals surface area contributed by atoms with Gasteiger partial charge in [-0.05, 0) is 61.2 Å². The van der Waals surface area contributed by atoms with Crippen LogP contribution >= 0.6 is 11.3 Å². The van der Waals surface area contributed by atoms with Gasteiger partial charge in [0.25, 0.3) is 0 Å². The molecule has 3 heterocycles. The van der Waals surface area contributed by atoms with E-state index in [1.165, 1.54) is 0 Å². The van der Waals surface area contributed by atoms with Crippen molar-refractivity contribution in [1.29, 1.82) is 0 Å². The predicted octanol–water partition coefficient (Wildman–Crippen LogP) is 4.06. The number of nitrogens with zero attached hydrogens (tertiary/aromatic N) is 3. The van der Waals surface area contributed by atoms with E-state index in [0.717, 1.165) is 29.5 Å². The van der Waals surface area contributed by atoms with E-state index in [4.69, 9.17) is 4.52 Å². The van der Waals surface area contributed by atoms with Gasteiger partial charge in [0.15, 0.2) is 0 Å². The number of hydrogen-bond donors (Lipinski definition) is 0. The second-order valence-corrected chi connectivity index (χ2v) is 10.1. The third-order valence-electron chi connectivity index (χ3n) is 5.15. The summed E-state index contributed by atoms with van der Waals surface area (Å²) in [6, 6.07) is 7.53. The van der Waals surface area contributed by atoms with Crippen LogP contribution in [0.3, 0.4) is 0 Å². The molecule has 0 radical (unpaired) electrons. The molecule has 0 aliphatic carbocycles. The van der Waals surface area contributed by atoms with Crippen LogP contribution in [0.25, 0.3) is 11.4 Å². The summed E-state index contributed by atoms with van der Waals surface area (Å²) in [5.41, 5.74) is 2.68. The Bertz CT molecular complexity index is 1060. The molecule has 0 bridgehead atoms. The fourth-order valence-electron chi connectivity index (χ4n) is 3.63. The summed E-state index contributed by atoms with van der Waals surface area (Å²) in [6.45, 7) is 4.79. The molecule has 4 rings (SSSR count). The highest BCUT2D eigenvalue weighted by Crippen LogP contribution is 2.28. The minimum atomic E-state index is -3.50. The minimum Gasteiger partial charge on any atom is -0.339 e. The molecule has 1 saturated heterocycles. The Morgan fingerprint density at radius 1 is 1.29 bits per heavy atom. The molecule has 1 atom stereocenters. The Morgan fingerprint density at radius 2 is 2.14 bits per heavy atom. The van der Waals surface area contributed by atoms with E-state index in [0.29, 0.717) is 36.1 Å². The molecule has 148 valence electrons. The molecule has 1 aromatic carbocycles. The maximum Gasteiger partial charge on any atom is 0.243 e. The van der Waals surface area contributed by atoms with Crippen molar-refractivity contribution in [2.75, 3.05) is 13.1 Å². The number of hydrogen-bond acceptors (Lipinski definition) is 6. The van der Waals surface area contributed by atoms with Gasteiger partial charge in [-0.3, -0.25) is 0 Å². The van der Waals surface area contributed by atoms with Gasteiger partial charge < -0.3 is 4.52 Å². The van der Waals surface area contributed by atoms with Crippen molar-refractivity contribution >= 4 is 21.4 Å². The summed E-state index contributed by atoms with van der Waals surface area (Å²) < 4.78 is 33.4. The zero-order valence-electron chi connectivity index (χ0n) is 16.0. The number of piperidine rings is 1. The zero-order chi connectivity index (χ0) is 19.7. The zero-order valence-corrected chi connectivity index (χ0v) is 17.6. The monoisotopic (exact) mass is 417 g/mol.